The SMILES string of the molecule is FCF.Nc1nc(=O)n(C2CC(F)C(COP3OCc4ccccc4O3)O2)cc1Cl. The van der Waals surface area contributed by atoms with Gasteiger partial charge >= 0.3 is 14.3 Å². The lowest BCUT2D eigenvalue weighted by molar-refractivity contribution is -0.0334. The van der Waals surface area contributed by atoms with Crippen LogP contribution >= 0.6 is 20.2 Å². The number of alkyl halides is 3. The molecule has 1 fully saturated rings. The number of nitrogen functional groups attached to an aromatic ring is 1. The molecule has 0 aliphatic carbocycles. The quantitative estimate of drug-likeness (QED) is 0.682. The van der Waals surface area contributed by atoms with Gasteiger partial charge in [0.1, 0.15) is 30.1 Å². The van der Waals surface area contributed by atoms with Crippen LogP contribution in [0.1, 0.15) is 18.2 Å². The number of nitrogens with zero attached hydrogens (tertiary/aromatic N) is 2. The number of benzene rings is 1. The number of fused-ring (bicyclic) bond motifs is 1. The number of rotatable bonds is 4. The standard InChI is InChI=1S/C16H16ClFN3O5P.CH2F2/c17-10-6-21(16(22)20-15(10)19)14-5-11(18)13(25-14)8-24-27-23-7-9-3-1-2-4-12(9)26-27;2-1-3/h1-4,6,11,13-14H,5,7-8H2,(H2,19,20,22);1H2. The number of para-hydroxylation sites is 1. The highest BCUT2D eigenvalue weighted by Gasteiger charge is 2.38. The molecule has 4 rings (SSSR count). The predicted molar refractivity (Wildman–Crippen MR) is 103 cm³/mol. The monoisotopic (exact) mass is 467 g/mol. The van der Waals surface area contributed by atoms with Crippen LogP contribution in [-0.2, 0) is 20.4 Å². The minimum absolute atomic E-state index is 0.0294. The van der Waals surface area contributed by atoms with Crippen molar-refractivity contribution >= 4 is 26.0 Å². The first kappa shape index (κ1) is 22.8. The molecular weight excluding hydrogens is 450 g/mol. The van der Waals surface area contributed by atoms with Crippen molar-refractivity contribution in [2.75, 3.05) is 19.3 Å². The molecule has 2 N–H and O–H groups in total. The van der Waals surface area contributed by atoms with Crippen molar-refractivity contribution in [3.8, 4) is 5.75 Å². The van der Waals surface area contributed by atoms with E-state index in [9.17, 15) is 18.0 Å². The minimum Gasteiger partial charge on any atom is -0.426 e. The second-order valence-electron chi connectivity index (χ2n) is 6.14. The number of anilines is 1. The normalized spacial score (nSPS) is 25.1. The van der Waals surface area contributed by atoms with Gasteiger partial charge in [-0.3, -0.25) is 13.6 Å². The van der Waals surface area contributed by atoms with Crippen LogP contribution in [0.15, 0.2) is 35.3 Å². The van der Waals surface area contributed by atoms with Gasteiger partial charge in [-0.15, -0.1) is 0 Å². The molecule has 2 aliphatic rings. The van der Waals surface area contributed by atoms with Crippen LogP contribution < -0.4 is 15.9 Å². The molecular formula is C17H18ClF3N3O5P. The zero-order chi connectivity index (χ0) is 21.7. The van der Waals surface area contributed by atoms with Crippen molar-refractivity contribution in [1.29, 1.82) is 0 Å². The van der Waals surface area contributed by atoms with Crippen LogP contribution in [0.2, 0.25) is 5.02 Å². The molecule has 4 unspecified atom stereocenters. The fourth-order valence-corrected chi connectivity index (χ4v) is 3.99. The van der Waals surface area contributed by atoms with Crippen molar-refractivity contribution in [1.82, 2.24) is 9.55 Å². The van der Waals surface area contributed by atoms with E-state index in [0.717, 1.165) is 10.1 Å². The highest BCUT2D eigenvalue weighted by atomic mass is 35.5. The van der Waals surface area contributed by atoms with Crippen LogP contribution in [0.25, 0.3) is 0 Å². The first-order valence-corrected chi connectivity index (χ1v) is 10.2. The third kappa shape index (κ3) is 5.41. The van der Waals surface area contributed by atoms with Crippen LogP contribution in [0.5, 0.6) is 5.75 Å². The molecule has 4 atom stereocenters. The van der Waals surface area contributed by atoms with E-state index in [1.807, 2.05) is 24.3 Å². The van der Waals surface area contributed by atoms with Gasteiger partial charge < -0.3 is 15.0 Å². The van der Waals surface area contributed by atoms with Crippen LogP contribution in [0.4, 0.5) is 19.0 Å². The highest BCUT2D eigenvalue weighted by molar-refractivity contribution is 7.42. The summed E-state index contributed by atoms with van der Waals surface area (Å²) in [6.45, 7) is -1.46. The third-order valence-corrected chi connectivity index (χ3v) is 5.56. The van der Waals surface area contributed by atoms with Gasteiger partial charge in [-0.2, -0.15) is 4.98 Å². The second kappa shape index (κ2) is 10.4. The number of ether oxygens (including phenoxy) is 1. The number of hydrogen-bond donors (Lipinski definition) is 1. The summed E-state index contributed by atoms with van der Waals surface area (Å²) in [5.41, 5.74) is 5.76. The highest BCUT2D eigenvalue weighted by Crippen LogP contribution is 2.47. The van der Waals surface area contributed by atoms with Gasteiger partial charge in [0.25, 0.3) is 0 Å². The van der Waals surface area contributed by atoms with E-state index < -0.39 is 39.7 Å². The lowest BCUT2D eigenvalue weighted by Gasteiger charge is -2.25. The molecule has 1 saturated heterocycles. The Morgan fingerprint density at radius 2 is 2.10 bits per heavy atom. The van der Waals surface area contributed by atoms with Crippen LogP contribution in [0, 0.1) is 0 Å². The average Bonchev–Trinajstić information content (AvgIpc) is 3.10. The molecule has 0 amide bonds. The lowest BCUT2D eigenvalue weighted by Crippen LogP contribution is -2.28. The van der Waals surface area contributed by atoms with Crippen molar-refractivity contribution in [3.05, 3.63) is 51.5 Å². The summed E-state index contributed by atoms with van der Waals surface area (Å²) < 4.78 is 57.0. The Labute approximate surface area is 175 Å². The fraction of sp³-hybridized carbons (Fsp3) is 0.412. The first-order chi connectivity index (χ1) is 14.4. The minimum atomic E-state index is -1.75. The van der Waals surface area contributed by atoms with E-state index in [0.29, 0.717) is 12.4 Å². The van der Waals surface area contributed by atoms with Crippen molar-refractivity contribution in [3.63, 3.8) is 0 Å². The van der Waals surface area contributed by atoms with Gasteiger partial charge in [-0.05, 0) is 6.07 Å². The Bertz CT molecular complexity index is 924. The summed E-state index contributed by atoms with van der Waals surface area (Å²) in [7, 11) is -1.64. The topological polar surface area (TPSA) is 97.8 Å². The number of nitrogens with two attached hydrogens (primary N) is 1. The largest absolute Gasteiger partial charge is 0.426 e. The molecule has 2 aromatic rings. The number of hydrogen-bond acceptors (Lipinski definition) is 7. The zero-order valence-electron chi connectivity index (χ0n) is 15.4. The molecule has 0 saturated carbocycles. The maximum Gasteiger partial charge on any atom is 0.397 e. The lowest BCUT2D eigenvalue weighted by atomic mass is 10.2. The fourth-order valence-electron chi connectivity index (χ4n) is 2.81. The zero-order valence-corrected chi connectivity index (χ0v) is 17.1. The van der Waals surface area contributed by atoms with E-state index in [-0.39, 0.29) is 23.9 Å². The van der Waals surface area contributed by atoms with Crippen LogP contribution in [-0.4, -0.2) is 35.4 Å². The van der Waals surface area contributed by atoms with Gasteiger partial charge in [0, 0.05) is 18.2 Å². The molecule has 13 heteroatoms. The molecule has 3 heterocycles. The summed E-state index contributed by atoms with van der Waals surface area (Å²) in [5, 5.41) is 0.0967. The Kier molecular flexibility index (Phi) is 7.90. The smallest absolute Gasteiger partial charge is 0.397 e. The maximum atomic E-state index is 14.4. The summed E-state index contributed by atoms with van der Waals surface area (Å²) in [6, 6.07) is 7.46. The molecule has 1 aromatic carbocycles. The molecule has 8 nitrogen and oxygen atoms in total. The Balaban J connectivity index is 0.000000806. The third-order valence-electron chi connectivity index (χ3n) is 4.22. The van der Waals surface area contributed by atoms with Crippen molar-refractivity contribution in [2.45, 2.75) is 31.5 Å². The van der Waals surface area contributed by atoms with E-state index in [2.05, 4.69) is 4.98 Å². The van der Waals surface area contributed by atoms with Crippen LogP contribution in [0.3, 0.4) is 0 Å². The molecule has 30 heavy (non-hydrogen) atoms. The van der Waals surface area contributed by atoms with Crippen molar-refractivity contribution in [2.24, 2.45) is 0 Å². The average molecular weight is 468 g/mol. The molecule has 0 radical (unpaired) electrons. The summed E-state index contributed by atoms with van der Waals surface area (Å²) in [5.74, 6) is 0.605. The molecule has 2 aliphatic heterocycles. The van der Waals surface area contributed by atoms with Gasteiger partial charge in [0.15, 0.2) is 0 Å². The summed E-state index contributed by atoms with van der Waals surface area (Å²) in [4.78, 5) is 15.5. The van der Waals surface area contributed by atoms with E-state index in [1.54, 1.807) is 0 Å². The van der Waals surface area contributed by atoms with E-state index in [1.165, 1.54) is 6.20 Å². The molecule has 0 spiro atoms. The van der Waals surface area contributed by atoms with E-state index in [4.69, 9.17) is 35.6 Å². The first-order valence-electron chi connectivity index (χ1n) is 8.70. The van der Waals surface area contributed by atoms with Gasteiger partial charge in [0.2, 0.25) is 6.93 Å². The number of halogens is 4. The van der Waals surface area contributed by atoms with Gasteiger partial charge in [-0.25, -0.2) is 18.0 Å². The molecule has 1 aromatic heterocycles. The summed E-state index contributed by atoms with van der Waals surface area (Å²) in [6.07, 6.45) is -1.77. The maximum absolute atomic E-state index is 14.4. The molecule has 164 valence electrons. The predicted octanol–water partition coefficient (Wildman–Crippen LogP) is 3.84. The second-order valence-corrected chi connectivity index (χ2v) is 7.69. The number of aromatic nitrogens is 2. The Morgan fingerprint density at radius 3 is 2.87 bits per heavy atom. The Hall–Kier alpha value is -1.91. The summed E-state index contributed by atoms with van der Waals surface area (Å²) >= 11 is 5.89. The molecule has 0 bridgehead atoms. The van der Waals surface area contributed by atoms with Gasteiger partial charge in [0.05, 0.1) is 18.2 Å². The Morgan fingerprint density at radius 1 is 1.37 bits per heavy atom. The van der Waals surface area contributed by atoms with Gasteiger partial charge in [-0.1, -0.05) is 29.8 Å². The van der Waals surface area contributed by atoms with Crippen molar-refractivity contribution < 1.29 is 31.5 Å². The van der Waals surface area contributed by atoms with E-state index >= 15 is 0 Å².